The highest BCUT2D eigenvalue weighted by Crippen LogP contribution is 2.21. The summed E-state index contributed by atoms with van der Waals surface area (Å²) < 4.78 is 6.98. The molecule has 0 amide bonds. The van der Waals surface area contributed by atoms with E-state index in [4.69, 9.17) is 28.2 Å². The van der Waals surface area contributed by atoms with E-state index in [2.05, 4.69) is 15.3 Å². The summed E-state index contributed by atoms with van der Waals surface area (Å²) in [6.45, 7) is 0. The lowest BCUT2D eigenvalue weighted by Crippen LogP contribution is -1.94. The Balaban J connectivity index is 2.02. The van der Waals surface area contributed by atoms with Crippen LogP contribution in [0.2, 0.25) is 5.02 Å². The van der Waals surface area contributed by atoms with Gasteiger partial charge in [0, 0.05) is 10.6 Å². The number of nitrogens with one attached hydrogen (secondary N) is 1. The predicted octanol–water partition coefficient (Wildman–Crippen LogP) is 3.44. The van der Waals surface area contributed by atoms with E-state index in [1.54, 1.807) is 24.3 Å². The van der Waals surface area contributed by atoms with Gasteiger partial charge in [0.1, 0.15) is 5.75 Å². The average molecular weight is 321 g/mol. The Morgan fingerprint density at radius 3 is 3.05 bits per heavy atom. The summed E-state index contributed by atoms with van der Waals surface area (Å²) >= 11 is 11.0. The first-order valence-corrected chi connectivity index (χ1v) is 6.68. The molecule has 0 aliphatic heterocycles. The van der Waals surface area contributed by atoms with Crippen molar-refractivity contribution < 1.29 is 9.52 Å². The van der Waals surface area contributed by atoms with Gasteiger partial charge < -0.3 is 9.52 Å². The minimum Gasteiger partial charge on any atom is -0.507 e. The Kier molecular flexibility index (Phi) is 3.59. The number of aromatic amines is 1. The van der Waals surface area contributed by atoms with Crippen LogP contribution in [0.1, 0.15) is 5.56 Å². The minimum absolute atomic E-state index is 0.0673. The molecular weight excluding hydrogens is 312 g/mol. The zero-order valence-corrected chi connectivity index (χ0v) is 12.1. The van der Waals surface area contributed by atoms with Crippen LogP contribution in [-0.4, -0.2) is 26.2 Å². The summed E-state index contributed by atoms with van der Waals surface area (Å²) in [6, 6.07) is 8.16. The van der Waals surface area contributed by atoms with Crippen LogP contribution < -0.4 is 0 Å². The third-order valence-electron chi connectivity index (χ3n) is 2.69. The quantitative estimate of drug-likeness (QED) is 0.572. The van der Waals surface area contributed by atoms with Crippen LogP contribution in [0.4, 0.5) is 0 Å². The van der Waals surface area contributed by atoms with Crippen molar-refractivity contribution in [2.24, 2.45) is 5.10 Å². The zero-order valence-electron chi connectivity index (χ0n) is 10.5. The Bertz CT molecular complexity index is 851. The molecule has 0 aliphatic rings. The highest BCUT2D eigenvalue weighted by molar-refractivity contribution is 7.71. The van der Waals surface area contributed by atoms with Crippen molar-refractivity contribution in [2.45, 2.75) is 0 Å². The van der Waals surface area contributed by atoms with Crippen LogP contribution in [0, 0.1) is 4.77 Å². The first-order valence-electron chi connectivity index (χ1n) is 5.89. The molecule has 0 saturated carbocycles. The predicted molar refractivity (Wildman–Crippen MR) is 81.2 cm³/mol. The summed E-state index contributed by atoms with van der Waals surface area (Å²) in [4.78, 5) is 0. The van der Waals surface area contributed by atoms with Crippen molar-refractivity contribution in [3.05, 3.63) is 52.0 Å². The number of nitrogens with zero attached hydrogens (tertiary/aromatic N) is 3. The lowest BCUT2D eigenvalue weighted by molar-refractivity contribution is 0.474. The second-order valence-electron chi connectivity index (χ2n) is 4.09. The number of aromatic nitrogens is 3. The van der Waals surface area contributed by atoms with Gasteiger partial charge in [-0.15, -0.1) is 5.10 Å². The second kappa shape index (κ2) is 5.55. The van der Waals surface area contributed by atoms with Crippen LogP contribution in [0.25, 0.3) is 11.6 Å². The SMILES string of the molecule is Oc1ccc(Cl)cc1/C=N/n1c(-c2ccco2)n[nH]c1=S. The summed E-state index contributed by atoms with van der Waals surface area (Å²) in [6.07, 6.45) is 2.98. The van der Waals surface area contributed by atoms with Crippen LogP contribution in [0.15, 0.2) is 46.1 Å². The van der Waals surface area contributed by atoms with Crippen molar-refractivity contribution in [1.29, 1.82) is 0 Å². The number of furan rings is 1. The van der Waals surface area contributed by atoms with Crippen molar-refractivity contribution in [2.75, 3.05) is 0 Å². The van der Waals surface area contributed by atoms with Crippen LogP contribution in [0.3, 0.4) is 0 Å². The molecule has 0 aliphatic carbocycles. The molecule has 1 aromatic carbocycles. The standard InChI is InChI=1S/C13H9ClN4O2S/c14-9-3-4-10(19)8(6-9)7-15-18-12(16-17-13(18)21)11-2-1-5-20-11/h1-7,19H,(H,17,21)/b15-7+. The number of H-pyrrole nitrogens is 1. The molecule has 2 N–H and O–H groups in total. The normalized spacial score (nSPS) is 11.3. The molecule has 6 nitrogen and oxygen atoms in total. The number of benzene rings is 1. The summed E-state index contributed by atoms with van der Waals surface area (Å²) in [7, 11) is 0. The molecule has 0 unspecified atom stereocenters. The minimum atomic E-state index is 0.0673. The van der Waals surface area contributed by atoms with Gasteiger partial charge in [-0.3, -0.25) is 0 Å². The van der Waals surface area contributed by atoms with Crippen LogP contribution in [0.5, 0.6) is 5.75 Å². The van der Waals surface area contributed by atoms with Gasteiger partial charge >= 0.3 is 0 Å². The van der Waals surface area contributed by atoms with Gasteiger partial charge in [-0.05, 0) is 42.5 Å². The number of rotatable bonds is 3. The fraction of sp³-hybridized carbons (Fsp3) is 0. The molecule has 3 aromatic rings. The third-order valence-corrected chi connectivity index (χ3v) is 3.19. The second-order valence-corrected chi connectivity index (χ2v) is 4.91. The Hall–Kier alpha value is -2.38. The van der Waals surface area contributed by atoms with Gasteiger partial charge in [-0.2, -0.15) is 9.78 Å². The molecule has 106 valence electrons. The summed E-state index contributed by atoms with van der Waals surface area (Å²) in [5.74, 6) is 1.02. The van der Waals surface area contributed by atoms with E-state index in [1.165, 1.54) is 23.2 Å². The zero-order chi connectivity index (χ0) is 14.8. The first-order chi connectivity index (χ1) is 10.1. The lowest BCUT2D eigenvalue weighted by atomic mass is 10.2. The monoisotopic (exact) mass is 320 g/mol. The van der Waals surface area contributed by atoms with Crippen molar-refractivity contribution in [1.82, 2.24) is 14.9 Å². The molecule has 0 radical (unpaired) electrons. The fourth-order valence-electron chi connectivity index (χ4n) is 1.71. The maximum absolute atomic E-state index is 9.76. The van der Waals surface area contributed by atoms with Crippen molar-refractivity contribution in [3.63, 3.8) is 0 Å². The maximum atomic E-state index is 9.76. The molecule has 2 heterocycles. The van der Waals surface area contributed by atoms with Crippen molar-refractivity contribution >= 4 is 30.0 Å². The van der Waals surface area contributed by atoms with E-state index in [0.29, 0.717) is 26.9 Å². The number of hydrogen-bond donors (Lipinski definition) is 2. The molecule has 3 rings (SSSR count). The first kappa shape index (κ1) is 13.6. The lowest BCUT2D eigenvalue weighted by Gasteiger charge is -2.00. The highest BCUT2D eigenvalue weighted by atomic mass is 35.5. The molecule has 0 bridgehead atoms. The third kappa shape index (κ3) is 2.74. The number of phenols is 1. The Morgan fingerprint density at radius 2 is 2.29 bits per heavy atom. The van der Waals surface area contributed by atoms with Gasteiger partial charge in [0.05, 0.1) is 12.5 Å². The van der Waals surface area contributed by atoms with Gasteiger partial charge in [0.2, 0.25) is 10.6 Å². The molecular formula is C13H9ClN4O2S. The van der Waals surface area contributed by atoms with E-state index >= 15 is 0 Å². The number of halogens is 1. The van der Waals surface area contributed by atoms with Gasteiger partial charge in [0.15, 0.2) is 5.76 Å². The Morgan fingerprint density at radius 1 is 1.43 bits per heavy atom. The summed E-state index contributed by atoms with van der Waals surface area (Å²) in [5.41, 5.74) is 0.469. The topological polar surface area (TPSA) is 79.3 Å². The average Bonchev–Trinajstić information content (AvgIpc) is 3.09. The van der Waals surface area contributed by atoms with E-state index in [0.717, 1.165) is 0 Å². The van der Waals surface area contributed by atoms with Crippen molar-refractivity contribution in [3.8, 4) is 17.3 Å². The number of phenolic OH excluding ortho intramolecular Hbond substituents is 1. The largest absolute Gasteiger partial charge is 0.507 e. The fourth-order valence-corrected chi connectivity index (χ4v) is 2.07. The van der Waals surface area contributed by atoms with Gasteiger partial charge in [-0.25, -0.2) is 5.10 Å². The molecule has 0 spiro atoms. The molecule has 0 saturated heterocycles. The highest BCUT2D eigenvalue weighted by Gasteiger charge is 2.10. The molecule has 8 heteroatoms. The van der Waals surface area contributed by atoms with Gasteiger partial charge in [0.25, 0.3) is 0 Å². The molecule has 0 fully saturated rings. The van der Waals surface area contributed by atoms with E-state index < -0.39 is 0 Å². The summed E-state index contributed by atoms with van der Waals surface area (Å²) in [5, 5.41) is 21.2. The molecule has 21 heavy (non-hydrogen) atoms. The van der Waals surface area contributed by atoms with E-state index in [-0.39, 0.29) is 5.75 Å². The Labute approximate surface area is 129 Å². The number of aromatic hydroxyl groups is 1. The van der Waals surface area contributed by atoms with E-state index in [9.17, 15) is 5.11 Å². The van der Waals surface area contributed by atoms with E-state index in [1.807, 2.05) is 0 Å². The van der Waals surface area contributed by atoms with Crippen LogP contribution in [-0.2, 0) is 0 Å². The molecule has 2 aromatic heterocycles. The van der Waals surface area contributed by atoms with Gasteiger partial charge in [-0.1, -0.05) is 11.6 Å². The van der Waals surface area contributed by atoms with Crippen LogP contribution >= 0.6 is 23.8 Å². The maximum Gasteiger partial charge on any atom is 0.219 e. The molecule has 0 atom stereocenters. The smallest absolute Gasteiger partial charge is 0.219 e. The number of hydrogen-bond acceptors (Lipinski definition) is 5.